The molecule has 6 heteroatoms. The average molecular weight is 276 g/mol. The first-order valence-electron chi connectivity index (χ1n) is 6.54. The Hall–Kier alpha value is -1.95. The van der Waals surface area contributed by atoms with Crippen LogP contribution in [0.5, 0.6) is 0 Å². The number of anilines is 1. The predicted molar refractivity (Wildman–Crippen MR) is 73.3 cm³/mol. The lowest BCUT2D eigenvalue weighted by Gasteiger charge is -2.34. The molecule has 1 aromatic heterocycles. The van der Waals surface area contributed by atoms with Crippen LogP contribution in [0.15, 0.2) is 12.1 Å². The Kier molecular flexibility index (Phi) is 2.62. The number of aryl methyl sites for hydroxylation is 1. The number of nitrogens with one attached hydrogen (secondary N) is 1. The molecule has 106 valence electrons. The van der Waals surface area contributed by atoms with E-state index in [-0.39, 0.29) is 5.82 Å². The summed E-state index contributed by atoms with van der Waals surface area (Å²) in [4.78, 5) is 0. The van der Waals surface area contributed by atoms with E-state index in [2.05, 4.69) is 15.5 Å². The lowest BCUT2D eigenvalue weighted by atomic mass is 9.98. The Morgan fingerprint density at radius 1 is 1.35 bits per heavy atom. The van der Waals surface area contributed by atoms with Crippen LogP contribution >= 0.6 is 0 Å². The highest BCUT2D eigenvalue weighted by Crippen LogP contribution is 2.39. The van der Waals surface area contributed by atoms with Gasteiger partial charge < -0.3 is 10.4 Å². The van der Waals surface area contributed by atoms with Crippen molar-refractivity contribution in [1.82, 2.24) is 14.8 Å². The summed E-state index contributed by atoms with van der Waals surface area (Å²) in [6, 6.07) is 2.92. The summed E-state index contributed by atoms with van der Waals surface area (Å²) in [5.41, 5.74) is 1.75. The lowest BCUT2D eigenvalue weighted by molar-refractivity contribution is 0.186. The maximum atomic E-state index is 13.6. The van der Waals surface area contributed by atoms with Gasteiger partial charge in [0.1, 0.15) is 11.9 Å². The number of halogens is 1. The number of aliphatic hydroxyl groups excluding tert-OH is 1. The molecular weight excluding hydrogens is 259 g/mol. The fourth-order valence-electron chi connectivity index (χ4n) is 2.71. The van der Waals surface area contributed by atoms with Crippen LogP contribution in [0.2, 0.25) is 0 Å². The van der Waals surface area contributed by atoms with E-state index in [9.17, 15) is 9.50 Å². The van der Waals surface area contributed by atoms with Gasteiger partial charge in [0.05, 0.1) is 16.9 Å². The minimum atomic E-state index is -0.748. The maximum absolute atomic E-state index is 13.6. The van der Waals surface area contributed by atoms with Gasteiger partial charge in [0.15, 0.2) is 11.6 Å². The standard InChI is InChI=1S/C14H17FN4O/c1-7-5-9(15)6-10-11(7)19-12(8(2)20)17-18-13(19)14(3,4)16-10/h5-6,8,16,20H,1-4H3. The van der Waals surface area contributed by atoms with Gasteiger partial charge in [-0.3, -0.25) is 4.57 Å². The van der Waals surface area contributed by atoms with E-state index in [1.54, 1.807) is 6.92 Å². The molecule has 20 heavy (non-hydrogen) atoms. The van der Waals surface area contributed by atoms with Crippen molar-refractivity contribution in [2.45, 2.75) is 39.3 Å². The number of aliphatic hydroxyl groups is 1. The minimum Gasteiger partial charge on any atom is -0.385 e. The molecule has 0 saturated carbocycles. The number of benzene rings is 1. The van der Waals surface area contributed by atoms with Crippen molar-refractivity contribution < 1.29 is 9.50 Å². The summed E-state index contributed by atoms with van der Waals surface area (Å²) in [5.74, 6) is 0.876. The number of fused-ring (bicyclic) bond motifs is 3. The molecule has 0 amide bonds. The third-order valence-corrected chi connectivity index (χ3v) is 3.56. The first kappa shape index (κ1) is 13.1. The van der Waals surface area contributed by atoms with E-state index >= 15 is 0 Å². The second-order valence-electron chi connectivity index (χ2n) is 5.76. The molecular formula is C14H17FN4O. The van der Waals surface area contributed by atoms with Crippen LogP contribution < -0.4 is 5.32 Å². The van der Waals surface area contributed by atoms with Crippen LogP contribution in [0.4, 0.5) is 10.1 Å². The molecule has 2 N–H and O–H groups in total. The molecule has 2 heterocycles. The predicted octanol–water partition coefficient (Wildman–Crippen LogP) is 2.43. The maximum Gasteiger partial charge on any atom is 0.166 e. The molecule has 0 spiro atoms. The van der Waals surface area contributed by atoms with Crippen molar-refractivity contribution in [3.05, 3.63) is 35.2 Å². The SMILES string of the molecule is Cc1cc(F)cc2c1-n1c(C(C)O)nnc1C(C)(C)N2. The number of rotatable bonds is 1. The third kappa shape index (κ3) is 1.71. The van der Waals surface area contributed by atoms with E-state index in [1.165, 1.54) is 12.1 Å². The van der Waals surface area contributed by atoms with Crippen molar-refractivity contribution >= 4 is 5.69 Å². The molecule has 1 aliphatic rings. The molecule has 1 aliphatic heterocycles. The first-order chi connectivity index (χ1) is 9.31. The third-order valence-electron chi connectivity index (χ3n) is 3.56. The van der Waals surface area contributed by atoms with E-state index in [0.717, 1.165) is 11.3 Å². The monoisotopic (exact) mass is 276 g/mol. The Labute approximate surface area is 116 Å². The number of aromatic nitrogens is 3. The van der Waals surface area contributed by atoms with Crippen molar-refractivity contribution in [1.29, 1.82) is 0 Å². The van der Waals surface area contributed by atoms with Gasteiger partial charge in [-0.2, -0.15) is 0 Å². The van der Waals surface area contributed by atoms with Gasteiger partial charge in [-0.25, -0.2) is 4.39 Å². The topological polar surface area (TPSA) is 63.0 Å². The Morgan fingerprint density at radius 3 is 2.70 bits per heavy atom. The highest BCUT2D eigenvalue weighted by molar-refractivity contribution is 5.69. The zero-order valence-electron chi connectivity index (χ0n) is 11.9. The fraction of sp³-hybridized carbons (Fsp3) is 0.429. The Morgan fingerprint density at radius 2 is 2.05 bits per heavy atom. The van der Waals surface area contributed by atoms with Crippen LogP contribution in [-0.2, 0) is 5.54 Å². The summed E-state index contributed by atoms with van der Waals surface area (Å²) in [6.07, 6.45) is -0.748. The van der Waals surface area contributed by atoms with Crippen LogP contribution in [0.1, 0.15) is 44.1 Å². The van der Waals surface area contributed by atoms with Gasteiger partial charge in [-0.1, -0.05) is 0 Å². The second kappa shape index (κ2) is 4.02. The summed E-state index contributed by atoms with van der Waals surface area (Å²) in [5, 5.41) is 21.4. The summed E-state index contributed by atoms with van der Waals surface area (Å²) >= 11 is 0. The van der Waals surface area contributed by atoms with Gasteiger partial charge in [-0.15, -0.1) is 10.2 Å². The van der Waals surface area contributed by atoms with Gasteiger partial charge in [0.2, 0.25) is 0 Å². The molecule has 1 unspecified atom stereocenters. The zero-order chi connectivity index (χ0) is 14.7. The highest BCUT2D eigenvalue weighted by atomic mass is 19.1. The molecule has 2 aromatic rings. The molecule has 1 atom stereocenters. The quantitative estimate of drug-likeness (QED) is 0.839. The van der Waals surface area contributed by atoms with Crippen molar-refractivity contribution in [3.8, 4) is 5.69 Å². The Balaban J connectivity index is 2.37. The molecule has 0 fully saturated rings. The van der Waals surface area contributed by atoms with Crippen LogP contribution in [-0.4, -0.2) is 19.9 Å². The molecule has 0 saturated heterocycles. The van der Waals surface area contributed by atoms with E-state index < -0.39 is 11.6 Å². The summed E-state index contributed by atoms with van der Waals surface area (Å²) < 4.78 is 15.5. The van der Waals surface area contributed by atoms with Crippen LogP contribution in [0.3, 0.4) is 0 Å². The van der Waals surface area contributed by atoms with Crippen molar-refractivity contribution in [2.75, 3.05) is 5.32 Å². The fourth-order valence-corrected chi connectivity index (χ4v) is 2.71. The largest absolute Gasteiger partial charge is 0.385 e. The molecule has 1 aromatic carbocycles. The molecule has 3 rings (SSSR count). The van der Waals surface area contributed by atoms with E-state index in [4.69, 9.17) is 0 Å². The zero-order valence-corrected chi connectivity index (χ0v) is 11.9. The van der Waals surface area contributed by atoms with E-state index in [0.29, 0.717) is 17.3 Å². The molecule has 5 nitrogen and oxygen atoms in total. The Bertz CT molecular complexity index is 691. The summed E-state index contributed by atoms with van der Waals surface area (Å²) in [6.45, 7) is 7.37. The number of hydrogen-bond donors (Lipinski definition) is 2. The van der Waals surface area contributed by atoms with Crippen LogP contribution in [0.25, 0.3) is 5.69 Å². The molecule has 0 bridgehead atoms. The van der Waals surface area contributed by atoms with Crippen molar-refractivity contribution in [2.24, 2.45) is 0 Å². The lowest BCUT2D eigenvalue weighted by Crippen LogP contribution is -2.36. The molecule has 0 aliphatic carbocycles. The average Bonchev–Trinajstić information content (AvgIpc) is 2.72. The van der Waals surface area contributed by atoms with E-state index in [1.807, 2.05) is 25.3 Å². The van der Waals surface area contributed by atoms with Gasteiger partial charge in [-0.05, 0) is 45.4 Å². The van der Waals surface area contributed by atoms with Crippen LogP contribution in [0, 0.1) is 12.7 Å². The number of hydrogen-bond acceptors (Lipinski definition) is 4. The normalized spacial score (nSPS) is 17.1. The number of nitrogens with zero attached hydrogens (tertiary/aromatic N) is 3. The first-order valence-corrected chi connectivity index (χ1v) is 6.54. The highest BCUT2D eigenvalue weighted by Gasteiger charge is 2.36. The minimum absolute atomic E-state index is 0.292. The van der Waals surface area contributed by atoms with Gasteiger partial charge in [0, 0.05) is 0 Å². The smallest absolute Gasteiger partial charge is 0.166 e. The van der Waals surface area contributed by atoms with Gasteiger partial charge in [0.25, 0.3) is 0 Å². The summed E-state index contributed by atoms with van der Waals surface area (Å²) in [7, 11) is 0. The molecule has 0 radical (unpaired) electrons. The second-order valence-corrected chi connectivity index (χ2v) is 5.76. The van der Waals surface area contributed by atoms with Crippen molar-refractivity contribution in [3.63, 3.8) is 0 Å². The van der Waals surface area contributed by atoms with Gasteiger partial charge >= 0.3 is 0 Å².